The summed E-state index contributed by atoms with van der Waals surface area (Å²) in [5.41, 5.74) is 1.29. The molecule has 5 nitrogen and oxygen atoms in total. The number of benzene rings is 2. The van der Waals surface area contributed by atoms with Gasteiger partial charge in [-0.25, -0.2) is 4.79 Å². The second-order valence-corrected chi connectivity index (χ2v) is 4.38. The molecule has 0 aliphatic carbocycles. The summed E-state index contributed by atoms with van der Waals surface area (Å²) in [6, 6.07) is 11.2. The molecule has 5 heteroatoms. The Bertz CT molecular complexity index is 659. The first-order chi connectivity index (χ1) is 9.50. The van der Waals surface area contributed by atoms with E-state index in [0.717, 1.165) is 11.1 Å². The molecule has 2 aromatic carbocycles. The van der Waals surface area contributed by atoms with E-state index in [1.807, 2.05) is 32.0 Å². The molecule has 0 saturated carbocycles. The molecule has 0 spiro atoms. The first-order valence-corrected chi connectivity index (χ1v) is 6.02. The van der Waals surface area contributed by atoms with E-state index in [4.69, 9.17) is 4.74 Å². The molecule has 0 heterocycles. The second kappa shape index (κ2) is 5.52. The van der Waals surface area contributed by atoms with Crippen molar-refractivity contribution in [3.63, 3.8) is 0 Å². The topological polar surface area (TPSA) is 69.4 Å². The SMILES string of the molecule is Cc1cccc(C)c1OC(=O)c1ccccc1[N+](=O)[O-]. The van der Waals surface area contributed by atoms with E-state index in [1.165, 1.54) is 18.2 Å². The molecular formula is C15H13NO4. The van der Waals surface area contributed by atoms with Crippen molar-refractivity contribution in [2.45, 2.75) is 13.8 Å². The van der Waals surface area contributed by atoms with E-state index < -0.39 is 10.9 Å². The number of carbonyl (C=O) groups is 1. The molecule has 0 fully saturated rings. The highest BCUT2D eigenvalue weighted by molar-refractivity contribution is 5.95. The van der Waals surface area contributed by atoms with Gasteiger partial charge >= 0.3 is 5.97 Å². The number of aryl methyl sites for hydroxylation is 2. The van der Waals surface area contributed by atoms with Gasteiger partial charge in [0.25, 0.3) is 5.69 Å². The third kappa shape index (κ3) is 2.66. The van der Waals surface area contributed by atoms with Crippen LogP contribution in [0, 0.1) is 24.0 Å². The van der Waals surface area contributed by atoms with Crippen LogP contribution in [0.5, 0.6) is 5.75 Å². The fourth-order valence-corrected chi connectivity index (χ4v) is 1.91. The smallest absolute Gasteiger partial charge is 0.350 e. The Labute approximate surface area is 116 Å². The Balaban J connectivity index is 2.36. The van der Waals surface area contributed by atoms with Crippen molar-refractivity contribution < 1.29 is 14.5 Å². The molecule has 102 valence electrons. The molecule has 0 aliphatic rings. The van der Waals surface area contributed by atoms with E-state index >= 15 is 0 Å². The van der Waals surface area contributed by atoms with Crippen molar-refractivity contribution in [3.8, 4) is 5.75 Å². The molecule has 0 radical (unpaired) electrons. The van der Waals surface area contributed by atoms with Crippen molar-refractivity contribution >= 4 is 11.7 Å². The van der Waals surface area contributed by atoms with Gasteiger partial charge in [0.15, 0.2) is 0 Å². The minimum absolute atomic E-state index is 0.0554. The van der Waals surface area contributed by atoms with Gasteiger partial charge in [0.1, 0.15) is 11.3 Å². The van der Waals surface area contributed by atoms with E-state index in [9.17, 15) is 14.9 Å². The minimum atomic E-state index is -0.727. The van der Waals surface area contributed by atoms with Crippen LogP contribution in [0.25, 0.3) is 0 Å². The van der Waals surface area contributed by atoms with Crippen molar-refractivity contribution in [2.24, 2.45) is 0 Å². The maximum absolute atomic E-state index is 12.1. The van der Waals surface area contributed by atoms with Gasteiger partial charge in [0, 0.05) is 6.07 Å². The summed E-state index contributed by atoms with van der Waals surface area (Å²) in [5.74, 6) is -0.287. The van der Waals surface area contributed by atoms with Crippen LogP contribution in [0.3, 0.4) is 0 Å². The number of nitro groups is 1. The Kier molecular flexibility index (Phi) is 3.79. The summed E-state index contributed by atoms with van der Waals surface area (Å²) in [4.78, 5) is 22.4. The van der Waals surface area contributed by atoms with Gasteiger partial charge in [-0.05, 0) is 31.0 Å². The molecule has 0 aromatic heterocycles. The number of rotatable bonds is 3. The zero-order valence-electron chi connectivity index (χ0n) is 11.1. The maximum Gasteiger partial charge on any atom is 0.350 e. The number of ether oxygens (including phenoxy) is 1. The fourth-order valence-electron chi connectivity index (χ4n) is 1.91. The Hall–Kier alpha value is -2.69. The fraction of sp³-hybridized carbons (Fsp3) is 0.133. The van der Waals surface area contributed by atoms with Gasteiger partial charge in [-0.1, -0.05) is 30.3 Å². The lowest BCUT2D eigenvalue weighted by Gasteiger charge is -2.10. The Morgan fingerprint density at radius 2 is 1.65 bits per heavy atom. The number of hydrogen-bond acceptors (Lipinski definition) is 4. The van der Waals surface area contributed by atoms with Crippen LogP contribution in [-0.4, -0.2) is 10.9 Å². The zero-order chi connectivity index (χ0) is 14.7. The van der Waals surface area contributed by atoms with Crippen LogP contribution < -0.4 is 4.74 Å². The molecule has 0 bridgehead atoms. The summed E-state index contributed by atoms with van der Waals surface area (Å²) >= 11 is 0. The lowest BCUT2D eigenvalue weighted by atomic mass is 10.1. The molecule has 0 amide bonds. The van der Waals surface area contributed by atoms with E-state index in [2.05, 4.69) is 0 Å². The number of para-hydroxylation sites is 2. The predicted molar refractivity (Wildman–Crippen MR) is 74.0 cm³/mol. The largest absolute Gasteiger partial charge is 0.422 e. The monoisotopic (exact) mass is 271 g/mol. The molecule has 0 unspecified atom stereocenters. The van der Waals surface area contributed by atoms with Gasteiger partial charge < -0.3 is 4.74 Å². The molecule has 20 heavy (non-hydrogen) atoms. The van der Waals surface area contributed by atoms with Gasteiger partial charge in [-0.2, -0.15) is 0 Å². The third-order valence-electron chi connectivity index (χ3n) is 2.92. The normalized spacial score (nSPS) is 10.1. The van der Waals surface area contributed by atoms with Crippen LogP contribution in [0.1, 0.15) is 21.5 Å². The first kappa shape index (κ1) is 13.7. The average molecular weight is 271 g/mol. The first-order valence-electron chi connectivity index (χ1n) is 6.02. The Morgan fingerprint density at radius 3 is 2.25 bits per heavy atom. The number of esters is 1. The van der Waals surface area contributed by atoms with Crippen LogP contribution in [0.15, 0.2) is 42.5 Å². The highest BCUT2D eigenvalue weighted by atomic mass is 16.6. The quantitative estimate of drug-likeness (QED) is 0.371. The lowest BCUT2D eigenvalue weighted by Crippen LogP contribution is -2.12. The average Bonchev–Trinajstić information content (AvgIpc) is 2.43. The molecule has 0 N–H and O–H groups in total. The van der Waals surface area contributed by atoms with E-state index in [-0.39, 0.29) is 11.3 Å². The molecule has 0 atom stereocenters. The number of carbonyl (C=O) groups excluding carboxylic acids is 1. The highest BCUT2D eigenvalue weighted by Crippen LogP contribution is 2.25. The number of hydrogen-bond donors (Lipinski definition) is 0. The number of nitrogens with zero attached hydrogens (tertiary/aromatic N) is 1. The second-order valence-electron chi connectivity index (χ2n) is 4.38. The standard InChI is InChI=1S/C15H13NO4/c1-10-6-5-7-11(2)14(10)20-15(17)12-8-3-4-9-13(12)16(18)19/h3-9H,1-2H3. The number of nitro benzene ring substituents is 1. The van der Waals surface area contributed by atoms with Crippen LogP contribution in [0.4, 0.5) is 5.69 Å². The van der Waals surface area contributed by atoms with Crippen molar-refractivity contribution in [1.82, 2.24) is 0 Å². The van der Waals surface area contributed by atoms with E-state index in [1.54, 1.807) is 6.07 Å². The molecule has 2 rings (SSSR count). The molecule has 0 saturated heterocycles. The van der Waals surface area contributed by atoms with Gasteiger partial charge in [0.2, 0.25) is 0 Å². The Morgan fingerprint density at radius 1 is 1.05 bits per heavy atom. The van der Waals surface area contributed by atoms with Gasteiger partial charge in [-0.3, -0.25) is 10.1 Å². The van der Waals surface area contributed by atoms with Gasteiger partial charge in [-0.15, -0.1) is 0 Å². The van der Waals surface area contributed by atoms with Crippen LogP contribution in [0.2, 0.25) is 0 Å². The summed E-state index contributed by atoms with van der Waals surface area (Å²) in [6.07, 6.45) is 0. The summed E-state index contributed by atoms with van der Waals surface area (Å²) in [5, 5.41) is 10.9. The molecular weight excluding hydrogens is 258 g/mol. The minimum Gasteiger partial charge on any atom is -0.422 e. The van der Waals surface area contributed by atoms with Crippen molar-refractivity contribution in [2.75, 3.05) is 0 Å². The van der Waals surface area contributed by atoms with Crippen LogP contribution >= 0.6 is 0 Å². The third-order valence-corrected chi connectivity index (χ3v) is 2.92. The summed E-state index contributed by atoms with van der Waals surface area (Å²) < 4.78 is 5.31. The summed E-state index contributed by atoms with van der Waals surface area (Å²) in [6.45, 7) is 3.63. The summed E-state index contributed by atoms with van der Waals surface area (Å²) in [7, 11) is 0. The van der Waals surface area contributed by atoms with Crippen molar-refractivity contribution in [1.29, 1.82) is 0 Å². The van der Waals surface area contributed by atoms with Gasteiger partial charge in [0.05, 0.1) is 4.92 Å². The zero-order valence-corrected chi connectivity index (χ0v) is 11.1. The van der Waals surface area contributed by atoms with Crippen LogP contribution in [-0.2, 0) is 0 Å². The maximum atomic E-state index is 12.1. The lowest BCUT2D eigenvalue weighted by molar-refractivity contribution is -0.385. The highest BCUT2D eigenvalue weighted by Gasteiger charge is 2.21. The van der Waals surface area contributed by atoms with Crippen molar-refractivity contribution in [3.05, 3.63) is 69.3 Å². The molecule has 2 aromatic rings. The van der Waals surface area contributed by atoms with E-state index in [0.29, 0.717) is 5.75 Å². The molecule has 0 aliphatic heterocycles. The predicted octanol–water partition coefficient (Wildman–Crippen LogP) is 3.43.